The molecular formula is C22H24F2N4O4. The maximum atomic E-state index is 13.8. The lowest BCUT2D eigenvalue weighted by molar-refractivity contribution is 0.0676. The van der Waals surface area contributed by atoms with Gasteiger partial charge in [-0.05, 0) is 26.8 Å². The molecule has 1 unspecified atom stereocenters. The first-order valence-corrected chi connectivity index (χ1v) is 9.87. The molecule has 0 fully saturated rings. The summed E-state index contributed by atoms with van der Waals surface area (Å²) in [6, 6.07) is 2.57. The van der Waals surface area contributed by atoms with Gasteiger partial charge in [0.25, 0.3) is 11.8 Å². The fourth-order valence-corrected chi connectivity index (χ4v) is 3.18. The number of hydrogen-bond acceptors (Lipinski definition) is 5. The van der Waals surface area contributed by atoms with Gasteiger partial charge >= 0.3 is 0 Å². The van der Waals surface area contributed by atoms with Crippen molar-refractivity contribution in [3.05, 3.63) is 75.2 Å². The van der Waals surface area contributed by atoms with E-state index in [0.717, 1.165) is 16.9 Å². The van der Waals surface area contributed by atoms with Crippen LogP contribution in [-0.2, 0) is 6.54 Å². The summed E-state index contributed by atoms with van der Waals surface area (Å²) in [6.45, 7) is 5.08. The number of pyridine rings is 1. The van der Waals surface area contributed by atoms with Gasteiger partial charge in [-0.2, -0.15) is 0 Å². The molecule has 3 N–H and O–H groups in total. The molecule has 0 radical (unpaired) electrons. The maximum absolute atomic E-state index is 13.8. The van der Waals surface area contributed by atoms with Crippen molar-refractivity contribution in [2.24, 2.45) is 0 Å². The lowest BCUT2D eigenvalue weighted by atomic mass is 10.0. The summed E-state index contributed by atoms with van der Waals surface area (Å²) in [4.78, 5) is 39.8. The van der Waals surface area contributed by atoms with Gasteiger partial charge < -0.3 is 20.7 Å². The van der Waals surface area contributed by atoms with Crippen LogP contribution in [0.25, 0.3) is 0 Å². The number of aromatic nitrogens is 1. The Morgan fingerprint density at radius 2 is 1.97 bits per heavy atom. The summed E-state index contributed by atoms with van der Waals surface area (Å²) >= 11 is 0. The lowest BCUT2D eigenvalue weighted by Crippen LogP contribution is -2.45. The van der Waals surface area contributed by atoms with Crippen molar-refractivity contribution in [3.63, 3.8) is 0 Å². The Kier molecular flexibility index (Phi) is 6.07. The van der Waals surface area contributed by atoms with E-state index in [4.69, 9.17) is 0 Å². The molecule has 3 rings (SSSR count). The van der Waals surface area contributed by atoms with Gasteiger partial charge in [0.1, 0.15) is 17.2 Å². The van der Waals surface area contributed by atoms with Crippen LogP contribution in [-0.4, -0.2) is 45.1 Å². The number of halogens is 2. The van der Waals surface area contributed by atoms with Crippen LogP contribution in [0.5, 0.6) is 5.75 Å². The van der Waals surface area contributed by atoms with Crippen LogP contribution in [0.3, 0.4) is 0 Å². The number of nitrogens with zero attached hydrogens (tertiary/aromatic N) is 2. The van der Waals surface area contributed by atoms with Crippen LogP contribution in [0.2, 0.25) is 0 Å². The van der Waals surface area contributed by atoms with Gasteiger partial charge in [-0.1, -0.05) is 18.2 Å². The highest BCUT2D eigenvalue weighted by Gasteiger charge is 2.33. The van der Waals surface area contributed by atoms with E-state index in [-0.39, 0.29) is 23.8 Å². The Morgan fingerprint density at radius 3 is 2.62 bits per heavy atom. The lowest BCUT2D eigenvalue weighted by Gasteiger charge is -2.33. The standard InChI is InChI=1S/C22H24F2N4O4/c1-12-7-8-22(2,3)27(4)21(32)17-19(30)18(29)15(11-28(17)26-12)20(31)25-10-13-5-6-14(23)9-16(13)24/h5-9,11-12,26,30H,10H2,1-4H3,(H,25,31)/b8-7-. The topological polar surface area (TPSA) is 104 Å². The van der Waals surface area contributed by atoms with Crippen molar-refractivity contribution in [1.82, 2.24) is 14.9 Å². The Labute approximate surface area is 183 Å². The summed E-state index contributed by atoms with van der Waals surface area (Å²) in [5.41, 5.74) is 0.437. The van der Waals surface area contributed by atoms with Gasteiger partial charge in [0.15, 0.2) is 11.4 Å². The van der Waals surface area contributed by atoms with Crippen LogP contribution in [0, 0.1) is 11.6 Å². The van der Waals surface area contributed by atoms with Gasteiger partial charge in [-0.25, -0.2) is 8.78 Å². The summed E-state index contributed by atoms with van der Waals surface area (Å²) in [7, 11) is 1.54. The summed E-state index contributed by atoms with van der Waals surface area (Å²) in [5, 5.41) is 12.9. The molecule has 0 aliphatic carbocycles. The molecular weight excluding hydrogens is 422 g/mol. The molecule has 32 heavy (non-hydrogen) atoms. The van der Waals surface area contributed by atoms with E-state index in [1.54, 1.807) is 20.8 Å². The minimum absolute atomic E-state index is 0.0164. The van der Waals surface area contributed by atoms with E-state index < -0.39 is 45.7 Å². The quantitative estimate of drug-likeness (QED) is 0.627. The van der Waals surface area contributed by atoms with Crippen LogP contribution < -0.4 is 16.2 Å². The predicted molar refractivity (Wildman–Crippen MR) is 114 cm³/mol. The first kappa shape index (κ1) is 23.0. The second kappa shape index (κ2) is 8.45. The molecule has 1 aromatic carbocycles. The molecule has 0 spiro atoms. The van der Waals surface area contributed by atoms with Gasteiger partial charge in [0.2, 0.25) is 5.43 Å². The Bertz CT molecular complexity index is 1170. The molecule has 2 heterocycles. The largest absolute Gasteiger partial charge is 0.502 e. The second-order valence-electron chi connectivity index (χ2n) is 8.15. The number of rotatable bonds is 3. The van der Waals surface area contributed by atoms with E-state index in [1.165, 1.54) is 18.0 Å². The number of fused-ring (bicyclic) bond motifs is 1. The molecule has 8 nitrogen and oxygen atoms in total. The predicted octanol–water partition coefficient (Wildman–Crippen LogP) is 2.11. The highest BCUT2D eigenvalue weighted by Crippen LogP contribution is 2.23. The minimum atomic E-state index is -1.05. The van der Waals surface area contributed by atoms with Crippen molar-refractivity contribution in [2.45, 2.75) is 38.9 Å². The van der Waals surface area contributed by atoms with Crippen LogP contribution in [0.4, 0.5) is 8.78 Å². The van der Waals surface area contributed by atoms with Gasteiger partial charge in [0, 0.05) is 31.4 Å². The monoisotopic (exact) mass is 446 g/mol. The minimum Gasteiger partial charge on any atom is -0.502 e. The highest BCUT2D eigenvalue weighted by molar-refractivity contribution is 5.99. The number of likely N-dealkylation sites (N-methyl/N-ethyl adjacent to an activating group) is 1. The second-order valence-corrected chi connectivity index (χ2v) is 8.15. The molecule has 1 aliphatic rings. The molecule has 10 heteroatoms. The third-order valence-electron chi connectivity index (χ3n) is 5.39. The fraction of sp³-hybridized carbons (Fsp3) is 0.318. The third kappa shape index (κ3) is 4.34. The number of carbonyl (C=O) groups excluding carboxylic acids is 2. The molecule has 1 atom stereocenters. The number of hydrogen-bond donors (Lipinski definition) is 3. The first-order valence-electron chi connectivity index (χ1n) is 9.87. The zero-order chi connectivity index (χ0) is 23.8. The molecule has 1 aliphatic heterocycles. The average molecular weight is 446 g/mol. The normalized spacial score (nSPS) is 18.6. The van der Waals surface area contributed by atoms with E-state index in [0.29, 0.717) is 6.07 Å². The first-order chi connectivity index (χ1) is 14.9. The fourth-order valence-electron chi connectivity index (χ4n) is 3.18. The molecule has 0 saturated carbocycles. The van der Waals surface area contributed by atoms with E-state index >= 15 is 0 Å². The van der Waals surface area contributed by atoms with Gasteiger partial charge in [-0.15, -0.1) is 0 Å². The van der Waals surface area contributed by atoms with Gasteiger partial charge in [0.05, 0.1) is 11.6 Å². The van der Waals surface area contributed by atoms with Crippen LogP contribution in [0.15, 0.2) is 41.3 Å². The number of amides is 2. The maximum Gasteiger partial charge on any atom is 0.276 e. The van der Waals surface area contributed by atoms with Crippen molar-refractivity contribution >= 4 is 11.8 Å². The number of aromatic hydroxyl groups is 1. The Balaban J connectivity index is 2.00. The number of benzene rings is 1. The van der Waals surface area contributed by atoms with E-state index in [2.05, 4.69) is 10.7 Å². The zero-order valence-corrected chi connectivity index (χ0v) is 18.1. The molecule has 0 bridgehead atoms. The highest BCUT2D eigenvalue weighted by atomic mass is 19.1. The van der Waals surface area contributed by atoms with E-state index in [1.807, 2.05) is 12.2 Å². The molecule has 1 aromatic heterocycles. The van der Waals surface area contributed by atoms with Crippen LogP contribution >= 0.6 is 0 Å². The smallest absolute Gasteiger partial charge is 0.276 e. The zero-order valence-electron chi connectivity index (χ0n) is 18.1. The number of carbonyl (C=O) groups is 2. The summed E-state index contributed by atoms with van der Waals surface area (Å²) in [6.07, 6.45) is 4.74. The SMILES string of the molecule is CC1/C=C\C(C)(C)N(C)C(=O)c2c(O)c(=O)c(C(=O)NCc3ccc(F)cc3F)cn2N1. The van der Waals surface area contributed by atoms with E-state index in [9.17, 15) is 28.3 Å². The third-order valence-corrected chi connectivity index (χ3v) is 5.39. The van der Waals surface area contributed by atoms with Crippen molar-refractivity contribution < 1.29 is 23.5 Å². The van der Waals surface area contributed by atoms with Crippen LogP contribution in [0.1, 0.15) is 47.2 Å². The van der Waals surface area contributed by atoms with Gasteiger partial charge in [-0.3, -0.25) is 19.1 Å². The average Bonchev–Trinajstić information content (AvgIpc) is 2.75. The molecule has 2 amide bonds. The molecule has 0 saturated heterocycles. The van der Waals surface area contributed by atoms with Crippen molar-refractivity contribution in [3.8, 4) is 5.75 Å². The summed E-state index contributed by atoms with van der Waals surface area (Å²) < 4.78 is 28.0. The Morgan fingerprint density at radius 1 is 1.28 bits per heavy atom. The van der Waals surface area contributed by atoms with Crippen molar-refractivity contribution in [2.75, 3.05) is 12.5 Å². The summed E-state index contributed by atoms with van der Waals surface area (Å²) in [5.74, 6) is -4.02. The number of nitrogens with one attached hydrogen (secondary N) is 2. The molecule has 170 valence electrons. The van der Waals surface area contributed by atoms with Crippen molar-refractivity contribution in [1.29, 1.82) is 0 Å². The molecule has 2 aromatic rings. The Hall–Kier alpha value is -3.69.